The van der Waals surface area contributed by atoms with Gasteiger partial charge in [0.2, 0.25) is 0 Å². The first-order valence-electron chi connectivity index (χ1n) is 3.82. The molecule has 0 saturated carbocycles. The van der Waals surface area contributed by atoms with Gasteiger partial charge < -0.3 is 0 Å². The average molecular weight is 227 g/mol. The second-order valence-corrected chi connectivity index (χ2v) is 4.56. The molecule has 0 fully saturated rings. The predicted molar refractivity (Wildman–Crippen MR) is 50.3 cm³/mol. The fourth-order valence-electron chi connectivity index (χ4n) is 1.40. The van der Waals surface area contributed by atoms with Crippen molar-refractivity contribution >= 4 is 25.3 Å². The van der Waals surface area contributed by atoms with Gasteiger partial charge >= 0.3 is 76.4 Å². The van der Waals surface area contributed by atoms with Gasteiger partial charge in [-0.15, -0.1) is 0 Å². The molecular weight excluding hydrogens is 218 g/mol. The molecule has 2 aromatic rings. The van der Waals surface area contributed by atoms with Gasteiger partial charge in [-0.25, -0.2) is 0 Å². The van der Waals surface area contributed by atoms with E-state index in [2.05, 4.69) is 9.88 Å². The van der Waals surface area contributed by atoms with E-state index in [1.54, 1.807) is 6.07 Å². The number of aryl methyl sites for hydroxylation is 2. The van der Waals surface area contributed by atoms with E-state index in [1.807, 2.05) is 13.8 Å². The Hall–Kier alpha value is -0.591. The Morgan fingerprint density at radius 3 is 2.58 bits per heavy atom. The van der Waals surface area contributed by atoms with Gasteiger partial charge in [-0.3, -0.25) is 0 Å². The third kappa shape index (κ3) is 1.03. The van der Waals surface area contributed by atoms with Crippen LogP contribution in [0.5, 0.6) is 0 Å². The first kappa shape index (κ1) is 8.03. The summed E-state index contributed by atoms with van der Waals surface area (Å²) >= 11 is 0.436. The molecule has 62 valence electrons. The molecule has 0 saturated heterocycles. The molecule has 0 bridgehead atoms. The number of rotatable bonds is 0. The first-order valence-corrected chi connectivity index (χ1v) is 5.79. The Morgan fingerprint density at radius 2 is 1.83 bits per heavy atom. The van der Waals surface area contributed by atoms with Gasteiger partial charge in [0.05, 0.1) is 0 Å². The summed E-state index contributed by atoms with van der Waals surface area (Å²) < 4.78 is 13.2. The summed E-state index contributed by atoms with van der Waals surface area (Å²) in [5.74, 6) is -0.0754. The fourth-order valence-corrected chi connectivity index (χ4v) is 3.41. The minimum absolute atomic E-state index is 0.0754. The zero-order chi connectivity index (χ0) is 8.72. The number of halogens is 1. The van der Waals surface area contributed by atoms with Crippen LogP contribution in [-0.4, -0.2) is 14.5 Å². The molecule has 0 spiro atoms. The molecule has 1 aromatic carbocycles. The van der Waals surface area contributed by atoms with E-state index >= 15 is 0 Å². The van der Waals surface area contributed by atoms with Crippen molar-refractivity contribution in [2.24, 2.45) is 0 Å². The van der Waals surface area contributed by atoms with Gasteiger partial charge in [-0.2, -0.15) is 0 Å². The van der Waals surface area contributed by atoms with Gasteiger partial charge in [0.1, 0.15) is 0 Å². The molecule has 0 amide bonds. The van der Waals surface area contributed by atoms with Crippen LogP contribution in [0.15, 0.2) is 15.9 Å². The van der Waals surface area contributed by atoms with Crippen molar-refractivity contribution in [2.45, 2.75) is 13.8 Å². The summed E-state index contributed by atoms with van der Waals surface area (Å²) in [6, 6.07) is 1.62. The van der Waals surface area contributed by atoms with Gasteiger partial charge in [0, 0.05) is 0 Å². The summed E-state index contributed by atoms with van der Waals surface area (Å²) in [5, 5.41) is 2.36. The van der Waals surface area contributed by atoms with Crippen LogP contribution in [0.4, 0.5) is 4.39 Å². The Bertz CT molecular complexity index is 429. The van der Waals surface area contributed by atoms with E-state index in [0.29, 0.717) is 14.5 Å². The van der Waals surface area contributed by atoms with E-state index < -0.39 is 0 Å². The van der Waals surface area contributed by atoms with Crippen molar-refractivity contribution in [1.29, 1.82) is 0 Å². The summed E-state index contributed by atoms with van der Waals surface area (Å²) in [7, 11) is 0. The Labute approximate surface area is 76.8 Å². The Morgan fingerprint density at radius 1 is 1.17 bits per heavy atom. The van der Waals surface area contributed by atoms with E-state index in [0.717, 1.165) is 16.5 Å². The summed E-state index contributed by atoms with van der Waals surface area (Å²) in [6.45, 7) is 3.81. The van der Waals surface area contributed by atoms with E-state index in [4.69, 9.17) is 0 Å². The average Bonchev–Trinajstić information content (AvgIpc) is 2.48. The third-order valence-electron chi connectivity index (χ3n) is 2.19. The number of benzene rings is 1. The molecule has 0 atom stereocenters. The minimum atomic E-state index is -0.0754. The summed E-state index contributed by atoms with van der Waals surface area (Å²) in [5.41, 5.74) is 1.86. The SMILES string of the molecule is Cc1cc(F)c(C)c2c[se]cc12. The van der Waals surface area contributed by atoms with Crippen LogP contribution < -0.4 is 0 Å². The molecule has 0 unspecified atom stereocenters. The molecule has 1 heterocycles. The second kappa shape index (κ2) is 2.72. The summed E-state index contributed by atoms with van der Waals surface area (Å²) in [6.07, 6.45) is 0. The van der Waals surface area contributed by atoms with Crippen LogP contribution in [-0.2, 0) is 0 Å². The van der Waals surface area contributed by atoms with Crippen LogP contribution in [0.25, 0.3) is 10.8 Å². The fraction of sp³-hybridized carbons (Fsp3) is 0.200. The predicted octanol–water partition coefficient (Wildman–Crippen LogP) is 2.65. The molecule has 0 radical (unpaired) electrons. The quantitative estimate of drug-likeness (QED) is 0.607. The first-order chi connectivity index (χ1) is 5.70. The molecule has 0 aliphatic heterocycles. The van der Waals surface area contributed by atoms with Gasteiger partial charge in [-0.1, -0.05) is 0 Å². The van der Waals surface area contributed by atoms with Crippen molar-refractivity contribution in [3.63, 3.8) is 0 Å². The Kier molecular flexibility index (Phi) is 1.82. The van der Waals surface area contributed by atoms with Crippen LogP contribution in [0.2, 0.25) is 0 Å². The molecular formula is C10H9FSe. The Balaban J connectivity index is 2.97. The van der Waals surface area contributed by atoms with E-state index in [9.17, 15) is 4.39 Å². The molecule has 0 N–H and O–H groups in total. The van der Waals surface area contributed by atoms with Crippen molar-refractivity contribution in [3.8, 4) is 0 Å². The number of fused-ring (bicyclic) bond motifs is 1. The second-order valence-electron chi connectivity index (χ2n) is 3.00. The number of hydrogen-bond donors (Lipinski definition) is 0. The van der Waals surface area contributed by atoms with Crippen molar-refractivity contribution in [2.75, 3.05) is 0 Å². The van der Waals surface area contributed by atoms with Gasteiger partial charge in [-0.05, 0) is 0 Å². The monoisotopic (exact) mass is 228 g/mol. The molecule has 0 aliphatic rings. The third-order valence-corrected chi connectivity index (χ3v) is 3.75. The zero-order valence-electron chi connectivity index (χ0n) is 7.02. The molecule has 0 nitrogen and oxygen atoms in total. The van der Waals surface area contributed by atoms with E-state index in [1.165, 1.54) is 5.39 Å². The van der Waals surface area contributed by atoms with Crippen LogP contribution in [0.3, 0.4) is 0 Å². The molecule has 1 aromatic heterocycles. The van der Waals surface area contributed by atoms with E-state index in [-0.39, 0.29) is 5.82 Å². The van der Waals surface area contributed by atoms with Gasteiger partial charge in [0.25, 0.3) is 0 Å². The molecule has 2 rings (SSSR count). The molecule has 2 heteroatoms. The van der Waals surface area contributed by atoms with Crippen LogP contribution >= 0.6 is 0 Å². The van der Waals surface area contributed by atoms with Crippen molar-refractivity contribution in [1.82, 2.24) is 0 Å². The topological polar surface area (TPSA) is 0 Å². The maximum absolute atomic E-state index is 13.2. The zero-order valence-corrected chi connectivity index (χ0v) is 8.73. The standard InChI is InChI=1S/C10H9FSe/c1-6-3-10(11)7(2)9-5-12-4-8(6)9/h3-5H,1-2H3. The normalized spacial score (nSPS) is 10.9. The molecule has 12 heavy (non-hydrogen) atoms. The number of hydrogen-bond acceptors (Lipinski definition) is 0. The molecule has 0 aliphatic carbocycles. The van der Waals surface area contributed by atoms with Crippen LogP contribution in [0, 0.1) is 19.7 Å². The summed E-state index contributed by atoms with van der Waals surface area (Å²) in [4.78, 5) is 4.36. The van der Waals surface area contributed by atoms with Crippen molar-refractivity contribution in [3.05, 3.63) is 32.9 Å². The maximum atomic E-state index is 13.2. The van der Waals surface area contributed by atoms with Gasteiger partial charge in [0.15, 0.2) is 0 Å². The van der Waals surface area contributed by atoms with Crippen molar-refractivity contribution < 1.29 is 4.39 Å². The van der Waals surface area contributed by atoms with Crippen LogP contribution in [0.1, 0.15) is 11.1 Å².